The van der Waals surface area contributed by atoms with E-state index in [1.54, 1.807) is 0 Å². The summed E-state index contributed by atoms with van der Waals surface area (Å²) in [6.45, 7) is 0. The Labute approximate surface area is 382 Å². The van der Waals surface area contributed by atoms with Gasteiger partial charge >= 0.3 is 0 Å². The highest BCUT2D eigenvalue weighted by molar-refractivity contribution is 6.15. The Hall–Kier alpha value is -8.53. The standard InChI is InChI=1S/C63H41FN2/c64-47-30-34-49(35-31-47)65(61-40-44-15-7-8-20-51(44)52-21-9-10-23-55(52)61)48-32-27-42(28-33-48)43-29-37-57-56-24-12-14-26-60(56)66(62(57)39-43)50-36-38-54-53-22-11-13-25-58(53)63(59(54)41-50,45-16-3-1-4-17-45)46-18-5-2-6-19-46/h1-41H. The second-order valence-electron chi connectivity index (χ2n) is 17.4. The van der Waals surface area contributed by atoms with E-state index in [-0.39, 0.29) is 5.82 Å². The molecule has 11 aromatic carbocycles. The number of rotatable bonds is 7. The van der Waals surface area contributed by atoms with Gasteiger partial charge in [0, 0.05) is 33.2 Å². The van der Waals surface area contributed by atoms with Gasteiger partial charge in [-0.3, -0.25) is 0 Å². The molecule has 310 valence electrons. The zero-order valence-electron chi connectivity index (χ0n) is 35.9. The lowest BCUT2D eigenvalue weighted by atomic mass is 9.67. The van der Waals surface area contributed by atoms with Crippen LogP contribution >= 0.6 is 0 Å². The molecule has 0 saturated carbocycles. The van der Waals surface area contributed by atoms with Crippen LogP contribution in [-0.4, -0.2) is 4.57 Å². The van der Waals surface area contributed by atoms with Crippen LogP contribution < -0.4 is 4.90 Å². The molecule has 0 saturated heterocycles. The first-order chi connectivity index (χ1) is 32.6. The molecule has 13 rings (SSSR count). The van der Waals surface area contributed by atoms with Gasteiger partial charge in [-0.05, 0) is 127 Å². The SMILES string of the molecule is Fc1ccc(N(c2ccc(-c3ccc4c5ccccc5n(-c5ccc6c(c5)C(c5ccccc5)(c5ccccc5)c5ccccc5-6)c4c3)cc2)c2cc3ccccc3c3ccccc23)cc1. The predicted octanol–water partition coefficient (Wildman–Crippen LogP) is 16.7. The minimum atomic E-state index is -0.503. The van der Waals surface area contributed by atoms with Crippen LogP contribution in [0.2, 0.25) is 0 Å². The third-order valence-electron chi connectivity index (χ3n) is 13.9. The van der Waals surface area contributed by atoms with Crippen LogP contribution in [-0.2, 0) is 5.41 Å². The van der Waals surface area contributed by atoms with E-state index in [0.717, 1.165) is 55.7 Å². The minimum Gasteiger partial charge on any atom is -0.310 e. The van der Waals surface area contributed by atoms with Crippen molar-refractivity contribution in [3.05, 3.63) is 277 Å². The Kier molecular flexibility index (Phi) is 8.66. The fourth-order valence-corrected chi connectivity index (χ4v) is 11.0. The van der Waals surface area contributed by atoms with Crippen LogP contribution in [0.5, 0.6) is 0 Å². The van der Waals surface area contributed by atoms with Crippen LogP contribution in [0, 0.1) is 5.82 Å². The van der Waals surface area contributed by atoms with Gasteiger partial charge in [0.2, 0.25) is 0 Å². The van der Waals surface area contributed by atoms with Crippen molar-refractivity contribution in [3.8, 4) is 27.9 Å². The summed E-state index contributed by atoms with van der Waals surface area (Å²) in [5.41, 5.74) is 15.7. The number of halogens is 1. The number of anilines is 3. The Balaban J connectivity index is 0.973. The van der Waals surface area contributed by atoms with Crippen LogP contribution in [0.15, 0.2) is 249 Å². The van der Waals surface area contributed by atoms with E-state index >= 15 is 0 Å². The maximum absolute atomic E-state index is 14.4. The summed E-state index contributed by atoms with van der Waals surface area (Å²) in [6.07, 6.45) is 0. The second kappa shape index (κ2) is 15.0. The molecule has 0 radical (unpaired) electrons. The van der Waals surface area contributed by atoms with E-state index in [2.05, 4.69) is 234 Å². The highest BCUT2D eigenvalue weighted by atomic mass is 19.1. The van der Waals surface area contributed by atoms with Crippen molar-refractivity contribution >= 4 is 60.4 Å². The van der Waals surface area contributed by atoms with Crippen LogP contribution in [0.3, 0.4) is 0 Å². The Morgan fingerprint density at radius 1 is 0.364 bits per heavy atom. The summed E-state index contributed by atoms with van der Waals surface area (Å²) in [7, 11) is 0. The molecule has 0 fully saturated rings. The summed E-state index contributed by atoms with van der Waals surface area (Å²) < 4.78 is 16.9. The lowest BCUT2D eigenvalue weighted by molar-refractivity contribution is 0.628. The molecule has 0 amide bonds. The number of fused-ring (bicyclic) bond motifs is 9. The third-order valence-corrected chi connectivity index (χ3v) is 13.9. The molecule has 1 aromatic heterocycles. The molecule has 0 bridgehead atoms. The van der Waals surface area contributed by atoms with Gasteiger partial charge in [0.25, 0.3) is 0 Å². The average molecular weight is 845 g/mol. The molecule has 12 aromatic rings. The van der Waals surface area contributed by atoms with Gasteiger partial charge in [-0.25, -0.2) is 4.39 Å². The number of aromatic nitrogens is 1. The van der Waals surface area contributed by atoms with Crippen molar-refractivity contribution in [2.75, 3.05) is 4.90 Å². The minimum absolute atomic E-state index is 0.262. The highest BCUT2D eigenvalue weighted by Gasteiger charge is 2.46. The van der Waals surface area contributed by atoms with Crippen molar-refractivity contribution in [3.63, 3.8) is 0 Å². The smallest absolute Gasteiger partial charge is 0.123 e. The molecule has 0 spiro atoms. The quantitative estimate of drug-likeness (QED) is 0.145. The first kappa shape index (κ1) is 38.0. The van der Waals surface area contributed by atoms with Gasteiger partial charge in [-0.1, -0.05) is 182 Å². The highest BCUT2D eigenvalue weighted by Crippen LogP contribution is 2.56. The number of benzene rings is 11. The second-order valence-corrected chi connectivity index (χ2v) is 17.4. The number of nitrogens with zero attached hydrogens (tertiary/aromatic N) is 2. The van der Waals surface area contributed by atoms with E-state index in [0.29, 0.717) is 0 Å². The molecule has 1 aliphatic carbocycles. The molecule has 0 aliphatic heterocycles. The molecule has 2 nitrogen and oxygen atoms in total. The topological polar surface area (TPSA) is 8.17 Å². The molecule has 1 aliphatic rings. The summed E-state index contributed by atoms with van der Waals surface area (Å²) in [4.78, 5) is 2.25. The van der Waals surface area contributed by atoms with Gasteiger partial charge in [-0.2, -0.15) is 0 Å². The van der Waals surface area contributed by atoms with Gasteiger partial charge in [-0.15, -0.1) is 0 Å². The third kappa shape index (κ3) is 5.73. The fourth-order valence-electron chi connectivity index (χ4n) is 11.0. The van der Waals surface area contributed by atoms with Gasteiger partial charge in [0.05, 0.1) is 22.1 Å². The number of hydrogen-bond acceptors (Lipinski definition) is 1. The van der Waals surface area contributed by atoms with Crippen molar-refractivity contribution in [1.82, 2.24) is 4.57 Å². The fraction of sp³-hybridized carbons (Fsp3) is 0.0159. The molecular weight excluding hydrogens is 804 g/mol. The molecule has 3 heteroatoms. The maximum Gasteiger partial charge on any atom is 0.123 e. The lowest BCUT2D eigenvalue weighted by Crippen LogP contribution is -2.28. The number of para-hydroxylation sites is 1. The van der Waals surface area contributed by atoms with Crippen molar-refractivity contribution in [1.29, 1.82) is 0 Å². The molecule has 66 heavy (non-hydrogen) atoms. The molecular formula is C63H41FN2. The predicted molar refractivity (Wildman–Crippen MR) is 273 cm³/mol. The molecule has 0 N–H and O–H groups in total. The first-order valence-corrected chi connectivity index (χ1v) is 22.6. The van der Waals surface area contributed by atoms with Crippen LogP contribution in [0.4, 0.5) is 21.5 Å². The van der Waals surface area contributed by atoms with Crippen LogP contribution in [0.25, 0.3) is 71.3 Å². The van der Waals surface area contributed by atoms with E-state index < -0.39 is 5.41 Å². The maximum atomic E-state index is 14.4. The van der Waals surface area contributed by atoms with Crippen molar-refractivity contribution in [2.24, 2.45) is 0 Å². The monoisotopic (exact) mass is 844 g/mol. The summed E-state index contributed by atoms with van der Waals surface area (Å²) in [5.74, 6) is -0.262. The van der Waals surface area contributed by atoms with E-state index in [1.807, 2.05) is 12.1 Å². The molecule has 0 unspecified atom stereocenters. The Bertz CT molecular complexity index is 3770. The molecule has 0 atom stereocenters. The average Bonchev–Trinajstić information content (AvgIpc) is 3.88. The van der Waals surface area contributed by atoms with Crippen LogP contribution in [0.1, 0.15) is 22.3 Å². The van der Waals surface area contributed by atoms with Crippen molar-refractivity contribution < 1.29 is 4.39 Å². The number of hydrogen-bond donors (Lipinski definition) is 0. The first-order valence-electron chi connectivity index (χ1n) is 22.6. The van der Waals surface area contributed by atoms with Gasteiger partial charge < -0.3 is 9.47 Å². The zero-order valence-corrected chi connectivity index (χ0v) is 35.9. The zero-order chi connectivity index (χ0) is 43.8. The Morgan fingerprint density at radius 2 is 0.924 bits per heavy atom. The normalized spacial score (nSPS) is 12.7. The largest absolute Gasteiger partial charge is 0.310 e. The summed E-state index contributed by atoms with van der Waals surface area (Å²) in [6, 6.07) is 88.6. The Morgan fingerprint density at radius 3 is 1.67 bits per heavy atom. The van der Waals surface area contributed by atoms with Gasteiger partial charge in [0.1, 0.15) is 5.82 Å². The molecule has 1 heterocycles. The van der Waals surface area contributed by atoms with E-state index in [9.17, 15) is 4.39 Å². The summed E-state index contributed by atoms with van der Waals surface area (Å²) in [5, 5.41) is 7.08. The van der Waals surface area contributed by atoms with E-state index in [4.69, 9.17) is 0 Å². The summed E-state index contributed by atoms with van der Waals surface area (Å²) >= 11 is 0. The van der Waals surface area contributed by atoms with Gasteiger partial charge in [0.15, 0.2) is 0 Å². The lowest BCUT2D eigenvalue weighted by Gasteiger charge is -2.34. The van der Waals surface area contributed by atoms with Crippen molar-refractivity contribution in [2.45, 2.75) is 5.41 Å². The van der Waals surface area contributed by atoms with E-state index in [1.165, 1.54) is 67.1 Å².